The number of benzene rings is 1. The van der Waals surface area contributed by atoms with Gasteiger partial charge in [-0.15, -0.1) is 5.10 Å². The molecule has 2 heterocycles. The van der Waals surface area contributed by atoms with Gasteiger partial charge in [0.1, 0.15) is 0 Å². The number of aromatic nitrogens is 6. The van der Waals surface area contributed by atoms with E-state index in [0.717, 1.165) is 11.3 Å². The van der Waals surface area contributed by atoms with Crippen molar-refractivity contribution in [3.8, 4) is 5.69 Å². The molecule has 0 amide bonds. The summed E-state index contributed by atoms with van der Waals surface area (Å²) in [6.45, 7) is 0.423. The predicted octanol–water partition coefficient (Wildman–Crippen LogP) is 1.06. The number of nitrogens with zero attached hydrogens (tertiary/aromatic N) is 6. The molecule has 7 nitrogen and oxygen atoms in total. The van der Waals surface area contributed by atoms with Crippen molar-refractivity contribution < 1.29 is 0 Å². The van der Waals surface area contributed by atoms with Crippen LogP contribution in [0.2, 0.25) is 0 Å². The van der Waals surface area contributed by atoms with Crippen LogP contribution in [0.4, 0.5) is 0 Å². The maximum absolute atomic E-state index is 5.51. The summed E-state index contributed by atoms with van der Waals surface area (Å²) in [6.07, 6.45) is 3.40. The van der Waals surface area contributed by atoms with Gasteiger partial charge in [0.25, 0.3) is 0 Å². The van der Waals surface area contributed by atoms with Gasteiger partial charge in [-0.1, -0.05) is 18.2 Å². The van der Waals surface area contributed by atoms with E-state index in [0.29, 0.717) is 16.9 Å². The van der Waals surface area contributed by atoms with Gasteiger partial charge < -0.3 is 5.73 Å². The average Bonchev–Trinajstić information content (AvgIpc) is 2.97. The quantitative estimate of drug-likeness (QED) is 0.716. The fourth-order valence-corrected chi connectivity index (χ4v) is 2.24. The van der Waals surface area contributed by atoms with Crippen molar-refractivity contribution in [3.63, 3.8) is 0 Å². The Morgan fingerprint density at radius 3 is 2.55 bits per heavy atom. The monoisotopic (exact) mass is 285 g/mol. The maximum atomic E-state index is 5.51. The summed E-state index contributed by atoms with van der Waals surface area (Å²) in [6, 6.07) is 9.66. The normalized spacial score (nSPS) is 10.7. The van der Waals surface area contributed by atoms with Crippen LogP contribution in [0.15, 0.2) is 53.0 Å². The Balaban J connectivity index is 1.86. The summed E-state index contributed by atoms with van der Waals surface area (Å²) < 4.78 is 1.64. The van der Waals surface area contributed by atoms with Crippen molar-refractivity contribution in [2.24, 2.45) is 5.73 Å². The van der Waals surface area contributed by atoms with Gasteiger partial charge in [0.2, 0.25) is 5.16 Å². The van der Waals surface area contributed by atoms with Crippen LogP contribution in [0.25, 0.3) is 5.69 Å². The molecule has 0 unspecified atom stereocenters. The van der Waals surface area contributed by atoms with Crippen molar-refractivity contribution in [1.82, 2.24) is 30.2 Å². The summed E-state index contributed by atoms with van der Waals surface area (Å²) in [5.41, 5.74) is 7.29. The fraction of sp³-hybridized carbons (Fsp3) is 0.0833. The molecule has 0 aliphatic carbocycles. The second kappa shape index (κ2) is 5.76. The third-order valence-corrected chi connectivity index (χ3v) is 3.37. The minimum Gasteiger partial charge on any atom is -0.326 e. The molecule has 2 N–H and O–H groups in total. The Morgan fingerprint density at radius 1 is 1.10 bits per heavy atom. The maximum Gasteiger partial charge on any atom is 0.221 e. The first-order chi connectivity index (χ1) is 9.86. The van der Waals surface area contributed by atoms with Crippen LogP contribution in [0.1, 0.15) is 5.56 Å². The van der Waals surface area contributed by atoms with Crippen molar-refractivity contribution in [3.05, 3.63) is 48.3 Å². The number of hydrogen-bond acceptors (Lipinski definition) is 7. The van der Waals surface area contributed by atoms with Crippen LogP contribution >= 0.6 is 11.8 Å². The molecule has 100 valence electrons. The molecule has 20 heavy (non-hydrogen) atoms. The summed E-state index contributed by atoms with van der Waals surface area (Å²) in [5.74, 6) is 0. The van der Waals surface area contributed by atoms with Crippen LogP contribution in [-0.2, 0) is 6.54 Å². The smallest absolute Gasteiger partial charge is 0.221 e. The number of nitrogens with two attached hydrogens (primary N) is 1. The summed E-state index contributed by atoms with van der Waals surface area (Å²) in [4.78, 5) is 8.44. The van der Waals surface area contributed by atoms with Gasteiger partial charge in [-0.2, -0.15) is 4.68 Å². The lowest BCUT2D eigenvalue weighted by atomic mass is 10.3. The molecule has 0 atom stereocenters. The molecule has 0 saturated carbocycles. The zero-order valence-corrected chi connectivity index (χ0v) is 11.2. The van der Waals surface area contributed by atoms with Crippen molar-refractivity contribution in [2.75, 3.05) is 0 Å². The summed E-state index contributed by atoms with van der Waals surface area (Å²) in [7, 11) is 0. The molecule has 0 spiro atoms. The van der Waals surface area contributed by atoms with Gasteiger partial charge in [0.05, 0.1) is 5.69 Å². The lowest BCUT2D eigenvalue weighted by molar-refractivity contribution is 0.754. The highest BCUT2D eigenvalue weighted by atomic mass is 32.2. The summed E-state index contributed by atoms with van der Waals surface area (Å²) in [5, 5.41) is 12.8. The topological polar surface area (TPSA) is 95.4 Å². The van der Waals surface area contributed by atoms with E-state index in [1.165, 1.54) is 11.8 Å². The molecule has 0 saturated heterocycles. The zero-order chi connectivity index (χ0) is 13.8. The van der Waals surface area contributed by atoms with E-state index in [-0.39, 0.29) is 0 Å². The first kappa shape index (κ1) is 12.7. The van der Waals surface area contributed by atoms with E-state index in [4.69, 9.17) is 5.73 Å². The summed E-state index contributed by atoms with van der Waals surface area (Å²) >= 11 is 1.30. The van der Waals surface area contributed by atoms with Gasteiger partial charge in [-0.3, -0.25) is 0 Å². The molecule has 0 aliphatic heterocycles. The lowest BCUT2D eigenvalue weighted by Crippen LogP contribution is -2.00. The molecule has 0 fully saturated rings. The van der Waals surface area contributed by atoms with Crippen LogP contribution in [0, 0.1) is 0 Å². The van der Waals surface area contributed by atoms with Gasteiger partial charge in [-0.05, 0) is 34.3 Å². The van der Waals surface area contributed by atoms with Crippen molar-refractivity contribution >= 4 is 11.8 Å². The molecule has 0 aliphatic rings. The minimum atomic E-state index is 0.423. The van der Waals surface area contributed by atoms with E-state index in [9.17, 15) is 0 Å². The van der Waals surface area contributed by atoms with Gasteiger partial charge in [0.15, 0.2) is 5.16 Å². The van der Waals surface area contributed by atoms with Crippen molar-refractivity contribution in [1.29, 1.82) is 0 Å². The molecular weight excluding hydrogens is 274 g/mol. The van der Waals surface area contributed by atoms with Crippen LogP contribution in [0.5, 0.6) is 0 Å². The molecule has 0 radical (unpaired) electrons. The SMILES string of the molecule is NCc1cnc(Sc2nnnn2-c2ccccc2)nc1. The van der Waals surface area contributed by atoms with E-state index < -0.39 is 0 Å². The molecule has 1 aromatic carbocycles. The van der Waals surface area contributed by atoms with E-state index in [1.54, 1.807) is 17.1 Å². The Hall–Kier alpha value is -2.32. The highest BCUT2D eigenvalue weighted by Gasteiger charge is 2.11. The molecule has 3 rings (SSSR count). The second-order valence-corrected chi connectivity index (χ2v) is 4.82. The number of para-hydroxylation sites is 1. The third-order valence-electron chi connectivity index (χ3n) is 2.54. The first-order valence-corrected chi connectivity index (χ1v) is 6.71. The van der Waals surface area contributed by atoms with E-state index >= 15 is 0 Å². The molecule has 0 bridgehead atoms. The van der Waals surface area contributed by atoms with Crippen LogP contribution in [0.3, 0.4) is 0 Å². The lowest BCUT2D eigenvalue weighted by Gasteiger charge is -2.03. The molecule has 2 aromatic heterocycles. The standard InChI is InChI=1S/C12H11N7S/c13-6-9-7-14-11(15-8-9)20-12-16-17-18-19(12)10-4-2-1-3-5-10/h1-5,7-8H,6,13H2. The molecular formula is C12H11N7S. The predicted molar refractivity (Wildman–Crippen MR) is 73.2 cm³/mol. The minimum absolute atomic E-state index is 0.423. The molecule has 3 aromatic rings. The van der Waals surface area contributed by atoms with Crippen molar-refractivity contribution in [2.45, 2.75) is 16.9 Å². The Bertz CT molecular complexity index is 681. The highest BCUT2D eigenvalue weighted by Crippen LogP contribution is 2.23. The Morgan fingerprint density at radius 2 is 1.85 bits per heavy atom. The fourth-order valence-electron chi connectivity index (χ4n) is 1.56. The number of rotatable bonds is 4. The van der Waals surface area contributed by atoms with E-state index in [1.807, 2.05) is 30.3 Å². The average molecular weight is 285 g/mol. The molecule has 8 heteroatoms. The first-order valence-electron chi connectivity index (χ1n) is 5.89. The van der Waals surface area contributed by atoms with Gasteiger partial charge in [0, 0.05) is 24.5 Å². The van der Waals surface area contributed by atoms with Crippen LogP contribution in [-0.4, -0.2) is 30.2 Å². The number of hydrogen-bond donors (Lipinski definition) is 1. The Labute approximate surface area is 119 Å². The zero-order valence-electron chi connectivity index (χ0n) is 10.4. The van der Waals surface area contributed by atoms with E-state index in [2.05, 4.69) is 25.5 Å². The van der Waals surface area contributed by atoms with Crippen LogP contribution < -0.4 is 5.73 Å². The highest BCUT2D eigenvalue weighted by molar-refractivity contribution is 7.99. The Kier molecular flexibility index (Phi) is 3.66. The largest absolute Gasteiger partial charge is 0.326 e. The third kappa shape index (κ3) is 2.65. The van der Waals surface area contributed by atoms with Gasteiger partial charge >= 0.3 is 0 Å². The second-order valence-electron chi connectivity index (χ2n) is 3.89. The number of tetrazole rings is 1. The van der Waals surface area contributed by atoms with Gasteiger partial charge in [-0.25, -0.2) is 9.97 Å².